The number of benzene rings is 2. The molecule has 2 N–H and O–H groups in total. The number of carbonyl (C=O) groups excluding carboxylic acids is 2. The Morgan fingerprint density at radius 3 is 2.62 bits per heavy atom. The molecule has 1 atom stereocenters. The van der Waals surface area contributed by atoms with Gasteiger partial charge < -0.3 is 24.7 Å². The molecule has 7 heteroatoms. The van der Waals surface area contributed by atoms with Crippen LogP contribution in [-0.4, -0.2) is 41.5 Å². The van der Waals surface area contributed by atoms with Crippen molar-refractivity contribution in [1.29, 1.82) is 0 Å². The molecule has 0 saturated carbocycles. The summed E-state index contributed by atoms with van der Waals surface area (Å²) >= 11 is 0. The number of methoxy groups -OCH3 is 1. The standard InChI is InChI=1S/C25H25N3O4/c1-31-22-16-18(9-11-21(22)32-17-23(26)29)10-12-24(30)28-15-14-27-13-5-8-20(27)25(28)19-6-3-2-4-7-19/h2-13,16,25H,14-15,17H2,1H3,(H2,26,29). The van der Waals surface area contributed by atoms with Crippen LogP contribution in [0, 0.1) is 0 Å². The minimum atomic E-state index is -0.567. The van der Waals surface area contributed by atoms with Crippen LogP contribution in [-0.2, 0) is 16.1 Å². The van der Waals surface area contributed by atoms with Gasteiger partial charge in [-0.25, -0.2) is 0 Å². The molecular weight excluding hydrogens is 406 g/mol. The number of ether oxygens (including phenoxy) is 2. The summed E-state index contributed by atoms with van der Waals surface area (Å²) < 4.78 is 12.9. The minimum absolute atomic E-state index is 0.0701. The number of primary amides is 1. The van der Waals surface area contributed by atoms with Crippen LogP contribution >= 0.6 is 0 Å². The molecule has 1 unspecified atom stereocenters. The van der Waals surface area contributed by atoms with Crippen molar-refractivity contribution in [3.05, 3.63) is 89.8 Å². The zero-order chi connectivity index (χ0) is 22.5. The van der Waals surface area contributed by atoms with E-state index in [0.717, 1.165) is 23.4 Å². The molecule has 0 saturated heterocycles. The number of nitrogens with two attached hydrogens (primary N) is 1. The van der Waals surface area contributed by atoms with Crippen LogP contribution in [0.1, 0.15) is 22.9 Å². The highest BCUT2D eigenvalue weighted by atomic mass is 16.5. The van der Waals surface area contributed by atoms with Crippen molar-refractivity contribution >= 4 is 17.9 Å². The summed E-state index contributed by atoms with van der Waals surface area (Å²) in [6.07, 6.45) is 5.38. The summed E-state index contributed by atoms with van der Waals surface area (Å²) in [6, 6.07) is 19.2. The maximum Gasteiger partial charge on any atom is 0.255 e. The molecule has 2 amide bonds. The zero-order valence-electron chi connectivity index (χ0n) is 17.8. The molecule has 0 aliphatic carbocycles. The van der Waals surface area contributed by atoms with Crippen LogP contribution in [0.3, 0.4) is 0 Å². The van der Waals surface area contributed by atoms with E-state index in [4.69, 9.17) is 15.2 Å². The molecule has 0 radical (unpaired) electrons. The molecule has 164 valence electrons. The van der Waals surface area contributed by atoms with Crippen molar-refractivity contribution in [1.82, 2.24) is 9.47 Å². The largest absolute Gasteiger partial charge is 0.493 e. The third kappa shape index (κ3) is 4.51. The average molecular weight is 431 g/mol. The lowest BCUT2D eigenvalue weighted by Gasteiger charge is -2.36. The van der Waals surface area contributed by atoms with E-state index in [9.17, 15) is 9.59 Å². The van der Waals surface area contributed by atoms with Gasteiger partial charge in [-0.3, -0.25) is 9.59 Å². The van der Waals surface area contributed by atoms with E-state index in [2.05, 4.69) is 16.8 Å². The third-order valence-corrected chi connectivity index (χ3v) is 5.41. The van der Waals surface area contributed by atoms with Gasteiger partial charge in [-0.05, 0) is 41.5 Å². The summed E-state index contributed by atoms with van der Waals surface area (Å²) in [5.74, 6) is 0.233. The van der Waals surface area contributed by atoms with Crippen molar-refractivity contribution in [2.45, 2.75) is 12.6 Å². The predicted octanol–water partition coefficient (Wildman–Crippen LogP) is 3.01. The van der Waals surface area contributed by atoms with E-state index in [1.54, 1.807) is 30.4 Å². The van der Waals surface area contributed by atoms with Gasteiger partial charge in [0.25, 0.3) is 5.91 Å². The molecule has 0 bridgehead atoms. The maximum atomic E-state index is 13.2. The Morgan fingerprint density at radius 2 is 1.88 bits per heavy atom. The summed E-state index contributed by atoms with van der Waals surface area (Å²) in [5, 5.41) is 0. The Kier molecular flexibility index (Phi) is 6.26. The quantitative estimate of drug-likeness (QED) is 0.583. The Balaban J connectivity index is 1.56. The Bertz CT molecular complexity index is 1140. The predicted molar refractivity (Wildman–Crippen MR) is 121 cm³/mol. The van der Waals surface area contributed by atoms with E-state index < -0.39 is 5.91 Å². The fourth-order valence-corrected chi connectivity index (χ4v) is 3.93. The molecule has 32 heavy (non-hydrogen) atoms. The molecule has 2 aromatic carbocycles. The van der Waals surface area contributed by atoms with E-state index in [1.807, 2.05) is 41.3 Å². The van der Waals surface area contributed by atoms with Crippen LogP contribution in [0.25, 0.3) is 6.08 Å². The third-order valence-electron chi connectivity index (χ3n) is 5.41. The van der Waals surface area contributed by atoms with Crippen molar-refractivity contribution in [2.75, 3.05) is 20.3 Å². The van der Waals surface area contributed by atoms with Crippen LogP contribution < -0.4 is 15.2 Å². The number of hydrogen-bond acceptors (Lipinski definition) is 4. The van der Waals surface area contributed by atoms with Gasteiger partial charge in [-0.1, -0.05) is 36.4 Å². The van der Waals surface area contributed by atoms with Gasteiger partial charge >= 0.3 is 0 Å². The second kappa shape index (κ2) is 9.43. The van der Waals surface area contributed by atoms with E-state index in [1.165, 1.54) is 7.11 Å². The molecule has 3 aromatic rings. The summed E-state index contributed by atoms with van der Waals surface area (Å²) in [4.78, 5) is 26.1. The molecule has 1 aliphatic heterocycles. The van der Waals surface area contributed by atoms with Crippen molar-refractivity contribution in [2.24, 2.45) is 5.73 Å². The first-order valence-electron chi connectivity index (χ1n) is 10.3. The van der Waals surface area contributed by atoms with Crippen LogP contribution in [0.4, 0.5) is 0 Å². The van der Waals surface area contributed by atoms with E-state index in [0.29, 0.717) is 18.0 Å². The average Bonchev–Trinajstić information content (AvgIpc) is 3.30. The van der Waals surface area contributed by atoms with Gasteiger partial charge in [0.15, 0.2) is 18.1 Å². The first kappa shape index (κ1) is 21.2. The van der Waals surface area contributed by atoms with Gasteiger partial charge in [-0.15, -0.1) is 0 Å². The first-order chi connectivity index (χ1) is 15.6. The fourth-order valence-electron chi connectivity index (χ4n) is 3.93. The number of nitrogens with zero attached hydrogens (tertiary/aromatic N) is 2. The van der Waals surface area contributed by atoms with Crippen molar-refractivity contribution < 1.29 is 19.1 Å². The number of hydrogen-bond donors (Lipinski definition) is 1. The van der Waals surface area contributed by atoms with Crippen molar-refractivity contribution in [3.63, 3.8) is 0 Å². The zero-order valence-corrected chi connectivity index (χ0v) is 17.8. The molecule has 0 fully saturated rings. The highest BCUT2D eigenvalue weighted by molar-refractivity contribution is 5.92. The monoisotopic (exact) mass is 431 g/mol. The van der Waals surface area contributed by atoms with Crippen molar-refractivity contribution in [3.8, 4) is 11.5 Å². The summed E-state index contributed by atoms with van der Waals surface area (Å²) in [6.45, 7) is 1.14. The van der Waals surface area contributed by atoms with Gasteiger partial charge in [0.1, 0.15) is 0 Å². The topological polar surface area (TPSA) is 86.8 Å². The number of rotatable bonds is 7. The Labute approximate surface area is 186 Å². The van der Waals surface area contributed by atoms with Gasteiger partial charge in [-0.2, -0.15) is 0 Å². The molecule has 7 nitrogen and oxygen atoms in total. The SMILES string of the molecule is COc1cc(C=CC(=O)N2CCn3cccc3C2c2ccccc2)ccc1OCC(N)=O. The normalized spacial score (nSPS) is 15.4. The summed E-state index contributed by atoms with van der Waals surface area (Å²) in [7, 11) is 1.51. The molecular formula is C25H25N3O4. The Hall–Kier alpha value is -4.00. The molecule has 4 rings (SSSR count). The number of aromatic nitrogens is 1. The van der Waals surface area contributed by atoms with Gasteiger partial charge in [0, 0.05) is 31.1 Å². The second-order valence-corrected chi connectivity index (χ2v) is 7.47. The smallest absolute Gasteiger partial charge is 0.255 e. The molecule has 0 spiro atoms. The highest BCUT2D eigenvalue weighted by Gasteiger charge is 2.30. The van der Waals surface area contributed by atoms with Crippen LogP contribution in [0.15, 0.2) is 72.9 Å². The lowest BCUT2D eigenvalue weighted by atomic mass is 10.00. The molecule has 1 aromatic heterocycles. The highest BCUT2D eigenvalue weighted by Crippen LogP contribution is 2.33. The number of amides is 2. The maximum absolute atomic E-state index is 13.2. The number of fused-ring (bicyclic) bond motifs is 1. The van der Waals surface area contributed by atoms with Crippen LogP contribution in [0.2, 0.25) is 0 Å². The molecule has 1 aliphatic rings. The van der Waals surface area contributed by atoms with Gasteiger partial charge in [0.2, 0.25) is 5.91 Å². The molecule has 2 heterocycles. The number of carbonyl (C=O) groups is 2. The van der Waals surface area contributed by atoms with E-state index in [-0.39, 0.29) is 18.6 Å². The first-order valence-corrected chi connectivity index (χ1v) is 10.3. The van der Waals surface area contributed by atoms with Gasteiger partial charge in [0.05, 0.1) is 13.2 Å². The lowest BCUT2D eigenvalue weighted by molar-refractivity contribution is -0.128. The Morgan fingerprint density at radius 1 is 1.06 bits per heavy atom. The fraction of sp³-hybridized carbons (Fsp3) is 0.200. The minimum Gasteiger partial charge on any atom is -0.493 e. The van der Waals surface area contributed by atoms with Crippen LogP contribution in [0.5, 0.6) is 11.5 Å². The lowest BCUT2D eigenvalue weighted by Crippen LogP contribution is -2.41. The van der Waals surface area contributed by atoms with E-state index >= 15 is 0 Å². The summed E-state index contributed by atoms with van der Waals surface area (Å²) in [5.41, 5.74) is 8.08. The second-order valence-electron chi connectivity index (χ2n) is 7.47.